The zero-order chi connectivity index (χ0) is 14.5. The van der Waals surface area contributed by atoms with Gasteiger partial charge in [0, 0.05) is 5.56 Å². The predicted molar refractivity (Wildman–Crippen MR) is 72.9 cm³/mol. The summed E-state index contributed by atoms with van der Waals surface area (Å²) in [5, 5.41) is 0. The quantitative estimate of drug-likeness (QED) is 0.370. The second-order valence-corrected chi connectivity index (χ2v) is 4.14. The smallest absolute Gasteiger partial charge is 0.385 e. The zero-order valence-corrected chi connectivity index (χ0v) is 10.8. The van der Waals surface area contributed by atoms with Crippen molar-refractivity contribution < 1.29 is 19.1 Å². The largest absolute Gasteiger partial charge is 0.420 e. The van der Waals surface area contributed by atoms with Crippen LogP contribution in [0.15, 0.2) is 54.6 Å². The Morgan fingerprint density at radius 3 is 2.10 bits per heavy atom. The maximum atomic E-state index is 11.9. The molecule has 0 saturated carbocycles. The maximum absolute atomic E-state index is 11.9. The Balaban J connectivity index is 2.21. The fraction of sp³-hybridized carbons (Fsp3) is 0.0625. The highest BCUT2D eigenvalue weighted by molar-refractivity contribution is 6.41. The van der Waals surface area contributed by atoms with Gasteiger partial charge in [-0.15, -0.1) is 0 Å². The Labute approximate surface area is 116 Å². The molecule has 0 bridgehead atoms. The average Bonchev–Trinajstić information content (AvgIpc) is 2.47. The van der Waals surface area contributed by atoms with E-state index in [-0.39, 0.29) is 22.7 Å². The lowest BCUT2D eigenvalue weighted by molar-refractivity contribution is -0.129. The molecule has 0 radical (unpaired) electrons. The van der Waals surface area contributed by atoms with Crippen molar-refractivity contribution in [3.8, 4) is 5.75 Å². The maximum Gasteiger partial charge on any atom is 0.385 e. The van der Waals surface area contributed by atoms with Crippen molar-refractivity contribution in [2.75, 3.05) is 0 Å². The van der Waals surface area contributed by atoms with Crippen LogP contribution in [-0.4, -0.2) is 17.5 Å². The third-order valence-electron chi connectivity index (χ3n) is 2.69. The molecule has 20 heavy (non-hydrogen) atoms. The highest BCUT2D eigenvalue weighted by atomic mass is 16.5. The van der Waals surface area contributed by atoms with Crippen LogP contribution in [0.1, 0.15) is 27.6 Å². The Bertz CT molecular complexity index is 659. The third kappa shape index (κ3) is 2.98. The SMILES string of the molecule is CC(=O)c1ccccc1OC(=O)C(=O)c1ccccc1. The van der Waals surface area contributed by atoms with Gasteiger partial charge in [-0.3, -0.25) is 9.59 Å². The van der Waals surface area contributed by atoms with Gasteiger partial charge in [0.25, 0.3) is 5.78 Å². The first kappa shape index (κ1) is 13.7. The van der Waals surface area contributed by atoms with Gasteiger partial charge in [0.2, 0.25) is 0 Å². The van der Waals surface area contributed by atoms with E-state index in [1.807, 2.05) is 0 Å². The van der Waals surface area contributed by atoms with Gasteiger partial charge < -0.3 is 4.74 Å². The molecule has 0 aliphatic rings. The fourth-order valence-electron chi connectivity index (χ4n) is 1.70. The number of ketones is 2. The molecule has 0 atom stereocenters. The molecular formula is C16H12O4. The molecule has 100 valence electrons. The molecule has 0 fully saturated rings. The van der Waals surface area contributed by atoms with Crippen molar-refractivity contribution in [1.82, 2.24) is 0 Å². The summed E-state index contributed by atoms with van der Waals surface area (Å²) in [7, 11) is 0. The van der Waals surface area contributed by atoms with E-state index in [4.69, 9.17) is 4.74 Å². The van der Waals surface area contributed by atoms with E-state index in [1.165, 1.54) is 31.2 Å². The summed E-state index contributed by atoms with van der Waals surface area (Å²) in [5.41, 5.74) is 0.513. The number of hydrogen-bond donors (Lipinski definition) is 0. The van der Waals surface area contributed by atoms with E-state index < -0.39 is 11.8 Å². The summed E-state index contributed by atoms with van der Waals surface area (Å²) in [6.45, 7) is 1.37. The number of para-hydroxylation sites is 1. The lowest BCUT2D eigenvalue weighted by Crippen LogP contribution is -2.21. The third-order valence-corrected chi connectivity index (χ3v) is 2.69. The Hall–Kier alpha value is -2.75. The molecule has 0 spiro atoms. The van der Waals surface area contributed by atoms with E-state index in [1.54, 1.807) is 30.3 Å². The van der Waals surface area contributed by atoms with Gasteiger partial charge in [0.15, 0.2) is 5.78 Å². The van der Waals surface area contributed by atoms with Gasteiger partial charge in [-0.25, -0.2) is 4.79 Å². The van der Waals surface area contributed by atoms with Gasteiger partial charge in [-0.2, -0.15) is 0 Å². The van der Waals surface area contributed by atoms with Crippen molar-refractivity contribution in [2.24, 2.45) is 0 Å². The minimum absolute atomic E-state index is 0.0919. The summed E-state index contributed by atoms with van der Waals surface area (Å²) in [6, 6.07) is 14.4. The topological polar surface area (TPSA) is 60.4 Å². The van der Waals surface area contributed by atoms with Crippen LogP contribution >= 0.6 is 0 Å². The molecule has 0 aliphatic carbocycles. The van der Waals surface area contributed by atoms with Crippen LogP contribution in [-0.2, 0) is 4.79 Å². The number of hydrogen-bond acceptors (Lipinski definition) is 4. The van der Waals surface area contributed by atoms with Crippen LogP contribution < -0.4 is 4.74 Å². The lowest BCUT2D eigenvalue weighted by atomic mass is 10.1. The average molecular weight is 268 g/mol. The van der Waals surface area contributed by atoms with Gasteiger partial charge >= 0.3 is 5.97 Å². The van der Waals surface area contributed by atoms with Gasteiger partial charge in [-0.1, -0.05) is 42.5 Å². The van der Waals surface area contributed by atoms with Gasteiger partial charge in [-0.05, 0) is 19.1 Å². The van der Waals surface area contributed by atoms with E-state index in [0.29, 0.717) is 0 Å². The van der Waals surface area contributed by atoms with E-state index in [2.05, 4.69) is 0 Å². The van der Waals surface area contributed by atoms with Crippen molar-refractivity contribution in [3.63, 3.8) is 0 Å². The van der Waals surface area contributed by atoms with E-state index >= 15 is 0 Å². The molecule has 2 aromatic carbocycles. The fourth-order valence-corrected chi connectivity index (χ4v) is 1.70. The molecule has 0 heterocycles. The molecule has 2 aromatic rings. The normalized spacial score (nSPS) is 9.85. The van der Waals surface area contributed by atoms with E-state index in [9.17, 15) is 14.4 Å². The second kappa shape index (κ2) is 5.93. The molecule has 0 saturated heterocycles. The molecular weight excluding hydrogens is 256 g/mol. The first-order chi connectivity index (χ1) is 9.59. The van der Waals surface area contributed by atoms with Crippen LogP contribution in [0.4, 0.5) is 0 Å². The van der Waals surface area contributed by atoms with Crippen LogP contribution in [0.25, 0.3) is 0 Å². The van der Waals surface area contributed by atoms with Crippen LogP contribution in [0, 0.1) is 0 Å². The molecule has 0 unspecified atom stereocenters. The number of carbonyl (C=O) groups is 3. The first-order valence-electron chi connectivity index (χ1n) is 6.01. The molecule has 0 aromatic heterocycles. The number of esters is 1. The molecule has 0 amide bonds. The number of Topliss-reactive ketones (excluding diaryl/α,β-unsaturated/α-hetero) is 2. The minimum Gasteiger partial charge on any atom is -0.420 e. The zero-order valence-electron chi connectivity index (χ0n) is 10.8. The molecule has 4 nitrogen and oxygen atoms in total. The standard InChI is InChI=1S/C16H12O4/c1-11(17)13-9-5-6-10-14(13)20-16(19)15(18)12-7-3-2-4-8-12/h2-10H,1H3. The Kier molecular flexibility index (Phi) is 4.05. The highest BCUT2D eigenvalue weighted by Crippen LogP contribution is 2.19. The summed E-state index contributed by atoms with van der Waals surface area (Å²) in [4.78, 5) is 35.1. The predicted octanol–water partition coefficient (Wildman–Crippen LogP) is 2.68. The number of benzene rings is 2. The van der Waals surface area contributed by atoms with Crippen LogP contribution in [0.5, 0.6) is 5.75 Å². The van der Waals surface area contributed by atoms with Crippen molar-refractivity contribution in [3.05, 3.63) is 65.7 Å². The summed E-state index contributed by atoms with van der Waals surface area (Å²) in [6.07, 6.45) is 0. The van der Waals surface area contributed by atoms with Gasteiger partial charge in [0.05, 0.1) is 5.56 Å². The number of carbonyl (C=O) groups excluding carboxylic acids is 3. The number of ether oxygens (including phenoxy) is 1. The Morgan fingerprint density at radius 1 is 0.850 bits per heavy atom. The second-order valence-electron chi connectivity index (χ2n) is 4.14. The molecule has 0 N–H and O–H groups in total. The van der Waals surface area contributed by atoms with Crippen molar-refractivity contribution in [2.45, 2.75) is 6.92 Å². The van der Waals surface area contributed by atoms with Crippen LogP contribution in [0.3, 0.4) is 0 Å². The Morgan fingerprint density at radius 2 is 1.45 bits per heavy atom. The summed E-state index contributed by atoms with van der Waals surface area (Å²) < 4.78 is 5.01. The van der Waals surface area contributed by atoms with Crippen LogP contribution in [0.2, 0.25) is 0 Å². The van der Waals surface area contributed by atoms with Crippen molar-refractivity contribution >= 4 is 17.5 Å². The first-order valence-corrected chi connectivity index (χ1v) is 6.01. The lowest BCUT2D eigenvalue weighted by Gasteiger charge is -2.07. The number of rotatable bonds is 4. The molecule has 0 aliphatic heterocycles. The molecule has 4 heteroatoms. The summed E-state index contributed by atoms with van der Waals surface area (Å²) >= 11 is 0. The van der Waals surface area contributed by atoms with Gasteiger partial charge in [0.1, 0.15) is 5.75 Å². The minimum atomic E-state index is -1.01. The molecule has 2 rings (SSSR count). The van der Waals surface area contributed by atoms with E-state index in [0.717, 1.165) is 0 Å². The highest BCUT2D eigenvalue weighted by Gasteiger charge is 2.20. The monoisotopic (exact) mass is 268 g/mol. The van der Waals surface area contributed by atoms with Crippen molar-refractivity contribution in [1.29, 1.82) is 0 Å². The summed E-state index contributed by atoms with van der Waals surface area (Å²) in [5.74, 6) is -1.90.